The molecule has 1 aromatic heterocycles. The second kappa shape index (κ2) is 8.71. The highest BCUT2D eigenvalue weighted by Gasteiger charge is 2.22. The molecule has 1 atom stereocenters. The number of rotatable bonds is 8. The minimum absolute atomic E-state index is 0.154. The van der Waals surface area contributed by atoms with Gasteiger partial charge in [0.25, 0.3) is 0 Å². The molecule has 3 rings (SSSR count). The van der Waals surface area contributed by atoms with E-state index in [1.54, 1.807) is 18.4 Å². The van der Waals surface area contributed by atoms with E-state index < -0.39 is 10.0 Å². The lowest BCUT2D eigenvalue weighted by Crippen LogP contribution is -2.36. The summed E-state index contributed by atoms with van der Waals surface area (Å²) in [6.07, 6.45) is 1.63. The van der Waals surface area contributed by atoms with E-state index in [0.29, 0.717) is 11.6 Å². The van der Waals surface area contributed by atoms with Crippen LogP contribution in [0.3, 0.4) is 0 Å². The summed E-state index contributed by atoms with van der Waals surface area (Å²) in [6, 6.07) is 19.5. The van der Waals surface area contributed by atoms with Crippen LogP contribution in [0.25, 0.3) is 0 Å². The quantitative estimate of drug-likeness (QED) is 0.614. The Hall–Kier alpha value is -2.12. The monoisotopic (exact) mass is 404 g/mol. The molecule has 0 bridgehead atoms. The second-order valence-corrected chi connectivity index (χ2v) is 8.43. The third kappa shape index (κ3) is 5.20. The first kappa shape index (κ1) is 19.6. The molecule has 0 amide bonds. The van der Waals surface area contributed by atoms with Gasteiger partial charge in [-0.25, -0.2) is 13.1 Å². The van der Waals surface area contributed by atoms with Crippen LogP contribution in [0.1, 0.15) is 17.4 Å². The van der Waals surface area contributed by atoms with E-state index >= 15 is 0 Å². The van der Waals surface area contributed by atoms with E-state index in [-0.39, 0.29) is 17.5 Å². The molecule has 0 unspecified atom stereocenters. The Balaban J connectivity index is 1.78. The molecule has 142 valence electrons. The zero-order chi connectivity index (χ0) is 19.3. The van der Waals surface area contributed by atoms with Crippen molar-refractivity contribution in [2.24, 2.45) is 0 Å². The Morgan fingerprint density at radius 2 is 1.74 bits per heavy atom. The van der Waals surface area contributed by atoms with E-state index in [2.05, 4.69) is 9.62 Å². The predicted octanol–water partition coefficient (Wildman–Crippen LogP) is 4.08. The first-order valence-electron chi connectivity index (χ1n) is 8.48. The Morgan fingerprint density at radius 1 is 1.04 bits per heavy atom. The summed E-state index contributed by atoms with van der Waals surface area (Å²) in [4.78, 5) is 2.24. The number of hydrogen-bond acceptors (Lipinski definition) is 4. The molecule has 0 aliphatic carbocycles. The summed E-state index contributed by atoms with van der Waals surface area (Å²) in [7, 11) is -1.69. The molecule has 1 heterocycles. The maximum Gasteiger partial charge on any atom is 0.240 e. The molecular weight excluding hydrogens is 384 g/mol. The predicted molar refractivity (Wildman–Crippen MR) is 106 cm³/mol. The normalized spacial score (nSPS) is 13.0. The number of nitrogens with zero attached hydrogens (tertiary/aromatic N) is 1. The Kier molecular flexibility index (Phi) is 6.34. The first-order valence-corrected chi connectivity index (χ1v) is 10.3. The van der Waals surface area contributed by atoms with Crippen LogP contribution in [0.4, 0.5) is 0 Å². The van der Waals surface area contributed by atoms with Crippen LogP contribution in [0.15, 0.2) is 82.3 Å². The topological polar surface area (TPSA) is 62.6 Å². The van der Waals surface area contributed by atoms with Crippen molar-refractivity contribution in [2.75, 3.05) is 13.6 Å². The van der Waals surface area contributed by atoms with Crippen LogP contribution < -0.4 is 4.72 Å². The average molecular weight is 405 g/mol. The van der Waals surface area contributed by atoms with Crippen molar-refractivity contribution >= 4 is 21.6 Å². The minimum atomic E-state index is -3.63. The fourth-order valence-electron chi connectivity index (χ4n) is 2.85. The van der Waals surface area contributed by atoms with Gasteiger partial charge in [0.2, 0.25) is 10.0 Å². The smallest absolute Gasteiger partial charge is 0.240 e. The summed E-state index contributed by atoms with van der Waals surface area (Å²) in [5.74, 6) is 0.819. The first-order chi connectivity index (χ1) is 13.0. The third-order valence-corrected chi connectivity index (χ3v) is 5.98. The summed E-state index contributed by atoms with van der Waals surface area (Å²) < 4.78 is 33.4. The van der Waals surface area contributed by atoms with Gasteiger partial charge >= 0.3 is 0 Å². The molecule has 27 heavy (non-hydrogen) atoms. The molecular formula is C20H21ClN2O3S. The van der Waals surface area contributed by atoms with E-state index in [1.165, 1.54) is 12.1 Å². The van der Waals surface area contributed by atoms with Gasteiger partial charge in [-0.3, -0.25) is 4.90 Å². The lowest BCUT2D eigenvalue weighted by Gasteiger charge is -2.28. The van der Waals surface area contributed by atoms with Gasteiger partial charge in [0.05, 0.1) is 17.7 Å². The standard InChI is InChI=1S/C20H21ClN2O3S/c1-23(15-18-8-5-13-26-18)20(16-6-3-2-4-7-16)14-22-27(24,25)19-11-9-17(21)10-12-19/h2-13,20,22H,14-15H2,1H3/t20-/m1/s1. The fourth-order valence-corrected chi connectivity index (χ4v) is 4.01. The van der Waals surface area contributed by atoms with Gasteiger partial charge in [-0.1, -0.05) is 41.9 Å². The third-order valence-electron chi connectivity index (χ3n) is 4.29. The van der Waals surface area contributed by atoms with E-state index in [9.17, 15) is 8.42 Å². The van der Waals surface area contributed by atoms with Crippen molar-refractivity contribution in [1.29, 1.82) is 0 Å². The van der Waals surface area contributed by atoms with Gasteiger partial charge in [0.15, 0.2) is 0 Å². The maximum atomic E-state index is 12.6. The van der Waals surface area contributed by atoms with E-state index in [0.717, 1.165) is 11.3 Å². The molecule has 0 aliphatic rings. The molecule has 0 radical (unpaired) electrons. The number of likely N-dealkylation sites (N-methyl/N-ethyl adjacent to an activating group) is 1. The van der Waals surface area contributed by atoms with E-state index in [4.69, 9.17) is 16.0 Å². The molecule has 0 spiro atoms. The number of sulfonamides is 1. The second-order valence-electron chi connectivity index (χ2n) is 6.23. The summed E-state index contributed by atoms with van der Waals surface area (Å²) in [5.41, 5.74) is 1.02. The number of nitrogens with one attached hydrogen (secondary N) is 1. The van der Waals surface area contributed by atoms with Gasteiger partial charge < -0.3 is 4.42 Å². The van der Waals surface area contributed by atoms with Gasteiger partial charge in [0, 0.05) is 17.6 Å². The van der Waals surface area contributed by atoms with Crippen molar-refractivity contribution in [3.8, 4) is 0 Å². The number of halogens is 1. The van der Waals surface area contributed by atoms with Crippen LogP contribution >= 0.6 is 11.6 Å². The highest BCUT2D eigenvalue weighted by Crippen LogP contribution is 2.22. The highest BCUT2D eigenvalue weighted by atomic mass is 35.5. The van der Waals surface area contributed by atoms with Crippen LogP contribution in [0.5, 0.6) is 0 Å². The summed E-state index contributed by atoms with van der Waals surface area (Å²) >= 11 is 5.85. The molecule has 7 heteroatoms. The molecule has 0 fully saturated rings. The SMILES string of the molecule is CN(Cc1ccco1)[C@H](CNS(=O)(=O)c1ccc(Cl)cc1)c1ccccc1. The molecule has 3 aromatic rings. The molecule has 5 nitrogen and oxygen atoms in total. The lowest BCUT2D eigenvalue weighted by atomic mass is 10.1. The van der Waals surface area contributed by atoms with Gasteiger partial charge in [-0.2, -0.15) is 0 Å². The van der Waals surface area contributed by atoms with Crippen LogP contribution in [-0.4, -0.2) is 26.9 Å². The largest absolute Gasteiger partial charge is 0.468 e. The Morgan fingerprint density at radius 3 is 2.37 bits per heavy atom. The Bertz CT molecular complexity index is 943. The average Bonchev–Trinajstić information content (AvgIpc) is 3.16. The lowest BCUT2D eigenvalue weighted by molar-refractivity contribution is 0.219. The summed E-state index contributed by atoms with van der Waals surface area (Å²) in [5, 5.41) is 0.495. The zero-order valence-corrected chi connectivity index (χ0v) is 16.5. The Labute approximate surface area is 164 Å². The van der Waals surface area contributed by atoms with Crippen LogP contribution in [0, 0.1) is 0 Å². The van der Waals surface area contributed by atoms with Gasteiger partial charge in [0.1, 0.15) is 5.76 Å². The maximum absolute atomic E-state index is 12.6. The highest BCUT2D eigenvalue weighted by molar-refractivity contribution is 7.89. The number of furan rings is 1. The molecule has 1 N–H and O–H groups in total. The van der Waals surface area contributed by atoms with Gasteiger partial charge in [-0.05, 0) is 49.0 Å². The zero-order valence-electron chi connectivity index (χ0n) is 14.9. The van der Waals surface area contributed by atoms with Crippen molar-refractivity contribution in [1.82, 2.24) is 9.62 Å². The number of benzene rings is 2. The molecule has 0 saturated heterocycles. The van der Waals surface area contributed by atoms with Crippen molar-refractivity contribution in [3.05, 3.63) is 89.3 Å². The van der Waals surface area contributed by atoms with Crippen molar-refractivity contribution < 1.29 is 12.8 Å². The van der Waals surface area contributed by atoms with Crippen molar-refractivity contribution in [2.45, 2.75) is 17.5 Å². The summed E-state index contributed by atoms with van der Waals surface area (Å²) in [6.45, 7) is 0.793. The van der Waals surface area contributed by atoms with E-state index in [1.807, 2.05) is 49.5 Å². The van der Waals surface area contributed by atoms with Gasteiger partial charge in [-0.15, -0.1) is 0 Å². The van der Waals surface area contributed by atoms with Crippen molar-refractivity contribution in [3.63, 3.8) is 0 Å². The molecule has 0 saturated carbocycles. The molecule has 0 aliphatic heterocycles. The fraction of sp³-hybridized carbons (Fsp3) is 0.200. The number of hydrogen-bond donors (Lipinski definition) is 1. The minimum Gasteiger partial charge on any atom is -0.468 e. The van der Waals surface area contributed by atoms with Crippen LogP contribution in [-0.2, 0) is 16.6 Å². The molecule has 2 aromatic carbocycles. The van der Waals surface area contributed by atoms with Crippen LogP contribution in [0.2, 0.25) is 5.02 Å².